The molecule has 1 aromatic heterocycles. The van der Waals surface area contributed by atoms with Gasteiger partial charge in [0.15, 0.2) is 11.0 Å². The van der Waals surface area contributed by atoms with E-state index in [0.29, 0.717) is 23.9 Å². The lowest BCUT2D eigenvalue weighted by molar-refractivity contribution is -0.131. The first-order valence-corrected chi connectivity index (χ1v) is 7.48. The number of hydrogen-bond acceptors (Lipinski definition) is 4. The predicted octanol–water partition coefficient (Wildman–Crippen LogP) is 2.56. The zero-order chi connectivity index (χ0) is 14.5. The van der Waals surface area contributed by atoms with Gasteiger partial charge in [-0.15, -0.1) is 10.2 Å². The summed E-state index contributed by atoms with van der Waals surface area (Å²) in [4.78, 5) is 14.0. The van der Waals surface area contributed by atoms with Crippen molar-refractivity contribution in [1.82, 2.24) is 15.1 Å². The van der Waals surface area contributed by atoms with Gasteiger partial charge in [-0.1, -0.05) is 11.6 Å². The number of likely N-dealkylation sites (tertiary alicyclic amines) is 1. The molecule has 0 aromatic carbocycles. The van der Waals surface area contributed by atoms with E-state index in [1.807, 2.05) is 18.7 Å². The van der Waals surface area contributed by atoms with Crippen LogP contribution < -0.4 is 5.32 Å². The van der Waals surface area contributed by atoms with Crippen LogP contribution in [-0.4, -0.2) is 40.6 Å². The van der Waals surface area contributed by atoms with Crippen molar-refractivity contribution in [3.8, 4) is 0 Å². The van der Waals surface area contributed by atoms with E-state index in [0.717, 1.165) is 37.1 Å². The van der Waals surface area contributed by atoms with Crippen LogP contribution >= 0.6 is 11.6 Å². The minimum Gasteiger partial charge on any atom is -0.368 e. The topological polar surface area (TPSA) is 58.1 Å². The van der Waals surface area contributed by atoms with Crippen LogP contribution in [0.15, 0.2) is 0 Å². The van der Waals surface area contributed by atoms with Crippen molar-refractivity contribution >= 4 is 23.3 Å². The molecule has 2 rings (SSSR count). The van der Waals surface area contributed by atoms with E-state index >= 15 is 0 Å². The number of carbonyl (C=O) groups is 1. The van der Waals surface area contributed by atoms with Gasteiger partial charge in [0.05, 0.1) is 0 Å². The highest BCUT2D eigenvalue weighted by atomic mass is 35.5. The molecule has 1 aliphatic rings. The van der Waals surface area contributed by atoms with Crippen molar-refractivity contribution in [2.45, 2.75) is 39.5 Å². The molecule has 2 heterocycles. The molecule has 6 heteroatoms. The molecule has 110 valence electrons. The Bertz CT molecular complexity index is 486. The summed E-state index contributed by atoms with van der Waals surface area (Å²) in [6.45, 7) is 6.24. The Kier molecular flexibility index (Phi) is 5.17. The fraction of sp³-hybridized carbons (Fsp3) is 0.643. The number of rotatable bonds is 4. The second-order valence-electron chi connectivity index (χ2n) is 5.21. The summed E-state index contributed by atoms with van der Waals surface area (Å²) < 4.78 is 0. The first-order chi connectivity index (χ1) is 9.59. The lowest BCUT2D eigenvalue weighted by atomic mass is 10.1. The molecular weight excluding hydrogens is 276 g/mol. The molecule has 1 aromatic rings. The van der Waals surface area contributed by atoms with Gasteiger partial charge in [-0.2, -0.15) is 0 Å². The lowest BCUT2D eigenvalue weighted by Gasteiger charge is -2.26. The number of nitrogens with zero attached hydrogens (tertiary/aromatic N) is 3. The van der Waals surface area contributed by atoms with Crippen LogP contribution in [0.5, 0.6) is 0 Å². The molecule has 0 saturated carbocycles. The number of amides is 1. The van der Waals surface area contributed by atoms with E-state index in [9.17, 15) is 4.79 Å². The van der Waals surface area contributed by atoms with Gasteiger partial charge in [-0.25, -0.2) is 0 Å². The van der Waals surface area contributed by atoms with Crippen LogP contribution in [-0.2, 0) is 4.79 Å². The molecule has 5 nitrogen and oxygen atoms in total. The Morgan fingerprint density at radius 1 is 1.20 bits per heavy atom. The average molecular weight is 297 g/mol. The third-order valence-corrected chi connectivity index (χ3v) is 4.16. The fourth-order valence-corrected chi connectivity index (χ4v) is 2.51. The molecule has 20 heavy (non-hydrogen) atoms. The Morgan fingerprint density at radius 3 is 2.60 bits per heavy atom. The number of carbonyl (C=O) groups excluding carboxylic acids is 1. The minimum atomic E-state index is 0.216. The lowest BCUT2D eigenvalue weighted by Crippen LogP contribution is -2.36. The Morgan fingerprint density at radius 2 is 1.90 bits per heavy atom. The van der Waals surface area contributed by atoms with Gasteiger partial charge in [0.25, 0.3) is 0 Å². The van der Waals surface area contributed by atoms with Crippen LogP contribution in [0.1, 0.15) is 36.8 Å². The Hall–Kier alpha value is -1.36. The molecule has 0 unspecified atom stereocenters. The molecule has 0 aliphatic carbocycles. The number of halogens is 1. The van der Waals surface area contributed by atoms with Crippen molar-refractivity contribution in [3.63, 3.8) is 0 Å². The van der Waals surface area contributed by atoms with Crippen LogP contribution in [0.4, 0.5) is 5.82 Å². The summed E-state index contributed by atoms with van der Waals surface area (Å²) in [7, 11) is 0. The highest BCUT2D eigenvalue weighted by molar-refractivity contribution is 6.30. The summed E-state index contributed by atoms with van der Waals surface area (Å²) in [6.07, 6.45) is 3.98. The molecule has 1 aliphatic heterocycles. The third-order valence-electron chi connectivity index (χ3n) is 3.81. The second kappa shape index (κ2) is 6.88. The number of anilines is 1. The summed E-state index contributed by atoms with van der Waals surface area (Å²) in [6, 6.07) is 0. The van der Waals surface area contributed by atoms with Gasteiger partial charge in [-0.3, -0.25) is 4.79 Å². The fourth-order valence-electron chi connectivity index (χ4n) is 2.33. The van der Waals surface area contributed by atoms with Crippen molar-refractivity contribution in [1.29, 1.82) is 0 Å². The monoisotopic (exact) mass is 296 g/mol. The first-order valence-electron chi connectivity index (χ1n) is 7.10. The van der Waals surface area contributed by atoms with Crippen LogP contribution in [0.3, 0.4) is 0 Å². The Labute approximate surface area is 124 Å². The minimum absolute atomic E-state index is 0.216. The second-order valence-corrected chi connectivity index (χ2v) is 5.57. The zero-order valence-electron chi connectivity index (χ0n) is 12.1. The molecule has 1 N–H and O–H groups in total. The predicted molar refractivity (Wildman–Crippen MR) is 80.1 cm³/mol. The van der Waals surface area contributed by atoms with Crippen molar-refractivity contribution < 1.29 is 4.79 Å². The summed E-state index contributed by atoms with van der Waals surface area (Å²) in [5.41, 5.74) is 1.90. The molecule has 0 radical (unpaired) electrons. The quantitative estimate of drug-likeness (QED) is 0.928. The van der Waals surface area contributed by atoms with Gasteiger partial charge in [0, 0.05) is 26.1 Å². The normalized spacial score (nSPS) is 15.2. The van der Waals surface area contributed by atoms with Gasteiger partial charge in [0.1, 0.15) is 0 Å². The SMILES string of the molecule is Cc1c(Cl)nnc(NCCC(=O)N2CCCCC2)c1C. The number of piperidine rings is 1. The Balaban J connectivity index is 1.83. The van der Waals surface area contributed by atoms with E-state index < -0.39 is 0 Å². The molecule has 1 fully saturated rings. The summed E-state index contributed by atoms with van der Waals surface area (Å²) in [5.74, 6) is 0.923. The van der Waals surface area contributed by atoms with Gasteiger partial charge in [-0.05, 0) is 44.2 Å². The van der Waals surface area contributed by atoms with Gasteiger partial charge < -0.3 is 10.2 Å². The zero-order valence-corrected chi connectivity index (χ0v) is 12.8. The van der Waals surface area contributed by atoms with Crippen molar-refractivity contribution in [3.05, 3.63) is 16.3 Å². The summed E-state index contributed by atoms with van der Waals surface area (Å²) in [5, 5.41) is 11.5. The average Bonchev–Trinajstić information content (AvgIpc) is 2.48. The molecule has 1 saturated heterocycles. The van der Waals surface area contributed by atoms with E-state index in [-0.39, 0.29) is 5.91 Å². The largest absolute Gasteiger partial charge is 0.368 e. The van der Waals surface area contributed by atoms with E-state index in [4.69, 9.17) is 11.6 Å². The molecular formula is C14H21ClN4O. The van der Waals surface area contributed by atoms with Gasteiger partial charge in [0.2, 0.25) is 5.91 Å². The van der Waals surface area contributed by atoms with Crippen molar-refractivity contribution in [2.75, 3.05) is 25.0 Å². The maximum absolute atomic E-state index is 12.0. The van der Waals surface area contributed by atoms with E-state index in [1.165, 1.54) is 6.42 Å². The number of nitrogens with one attached hydrogen (secondary N) is 1. The van der Waals surface area contributed by atoms with E-state index in [1.54, 1.807) is 0 Å². The maximum atomic E-state index is 12.0. The van der Waals surface area contributed by atoms with Crippen LogP contribution in [0.25, 0.3) is 0 Å². The summed E-state index contributed by atoms with van der Waals surface area (Å²) >= 11 is 5.91. The molecule has 0 atom stereocenters. The first kappa shape index (κ1) is 15.0. The standard InChI is InChI=1S/C14H21ClN4O/c1-10-11(2)14(18-17-13(10)15)16-7-6-12(20)19-8-4-3-5-9-19/h3-9H2,1-2H3,(H,16,18). The van der Waals surface area contributed by atoms with Crippen LogP contribution in [0, 0.1) is 13.8 Å². The van der Waals surface area contributed by atoms with E-state index in [2.05, 4.69) is 15.5 Å². The van der Waals surface area contributed by atoms with Crippen LogP contribution in [0.2, 0.25) is 5.15 Å². The third kappa shape index (κ3) is 3.60. The highest BCUT2D eigenvalue weighted by Gasteiger charge is 2.16. The smallest absolute Gasteiger partial charge is 0.224 e. The van der Waals surface area contributed by atoms with Gasteiger partial charge >= 0.3 is 0 Å². The molecule has 0 spiro atoms. The number of hydrogen-bond donors (Lipinski definition) is 1. The maximum Gasteiger partial charge on any atom is 0.224 e. The molecule has 0 bridgehead atoms. The highest BCUT2D eigenvalue weighted by Crippen LogP contribution is 2.20. The number of aromatic nitrogens is 2. The van der Waals surface area contributed by atoms with Crippen molar-refractivity contribution in [2.24, 2.45) is 0 Å². The molecule has 1 amide bonds.